The summed E-state index contributed by atoms with van der Waals surface area (Å²) >= 11 is 0. The van der Waals surface area contributed by atoms with Crippen molar-refractivity contribution in [3.8, 4) is 6.07 Å². The van der Waals surface area contributed by atoms with Gasteiger partial charge in [-0.1, -0.05) is 18.2 Å². The minimum atomic E-state index is -1.12. The van der Waals surface area contributed by atoms with Gasteiger partial charge in [-0.3, -0.25) is 4.90 Å². The highest BCUT2D eigenvalue weighted by Gasteiger charge is 2.12. The van der Waals surface area contributed by atoms with Gasteiger partial charge in [-0.2, -0.15) is 5.26 Å². The number of hydrogen-bond acceptors (Lipinski definition) is 2. The Morgan fingerprint density at radius 3 is 2.54 bits per heavy atom. The van der Waals surface area contributed by atoms with Crippen LogP contribution < -0.4 is 4.90 Å². The lowest BCUT2D eigenvalue weighted by Crippen LogP contribution is -2.29. The van der Waals surface area contributed by atoms with E-state index in [-0.39, 0.29) is 6.54 Å². The van der Waals surface area contributed by atoms with Gasteiger partial charge in [0.15, 0.2) is 0 Å². The molecule has 0 aromatic heterocycles. The van der Waals surface area contributed by atoms with Crippen molar-refractivity contribution in [1.82, 2.24) is 0 Å². The summed E-state index contributed by atoms with van der Waals surface area (Å²) in [7, 11) is 0. The van der Waals surface area contributed by atoms with Crippen molar-refractivity contribution in [2.24, 2.45) is 0 Å². The molecule has 0 bridgehead atoms. The highest BCUT2D eigenvalue weighted by atomic mass is 16.4. The van der Waals surface area contributed by atoms with Crippen LogP contribution in [0.5, 0.6) is 0 Å². The summed E-state index contributed by atoms with van der Waals surface area (Å²) in [6, 6.07) is 10.3. The maximum atomic E-state index is 10.7. The standard InChI is InChI=1S/C9H8N2O2/c10-6-7-11(9(12)13)8-4-2-1-3-5-8/h1-5H,7H2,(H,12,13). The summed E-state index contributed by atoms with van der Waals surface area (Å²) in [6.45, 7) is -0.153. The van der Waals surface area contributed by atoms with Crippen LogP contribution in [-0.2, 0) is 0 Å². The third kappa shape index (κ3) is 2.20. The lowest BCUT2D eigenvalue weighted by Gasteiger charge is -2.14. The fourth-order valence-electron chi connectivity index (χ4n) is 0.948. The topological polar surface area (TPSA) is 64.3 Å². The molecule has 0 saturated carbocycles. The van der Waals surface area contributed by atoms with E-state index in [1.165, 1.54) is 0 Å². The van der Waals surface area contributed by atoms with Gasteiger partial charge in [0.1, 0.15) is 6.54 Å². The molecule has 1 aromatic carbocycles. The molecule has 66 valence electrons. The van der Waals surface area contributed by atoms with Crippen molar-refractivity contribution >= 4 is 11.8 Å². The van der Waals surface area contributed by atoms with E-state index in [0.29, 0.717) is 5.69 Å². The smallest absolute Gasteiger partial charge is 0.412 e. The molecule has 0 spiro atoms. The van der Waals surface area contributed by atoms with E-state index in [2.05, 4.69) is 0 Å². The van der Waals surface area contributed by atoms with Crippen LogP contribution in [-0.4, -0.2) is 17.7 Å². The average molecular weight is 176 g/mol. The first kappa shape index (κ1) is 9.07. The largest absolute Gasteiger partial charge is 0.465 e. The number of nitrogens with zero attached hydrogens (tertiary/aromatic N) is 2. The van der Waals surface area contributed by atoms with E-state index >= 15 is 0 Å². The lowest BCUT2D eigenvalue weighted by molar-refractivity contribution is 0.202. The fraction of sp³-hybridized carbons (Fsp3) is 0.111. The van der Waals surface area contributed by atoms with E-state index in [1.807, 2.05) is 0 Å². The molecule has 0 atom stereocenters. The predicted molar refractivity (Wildman–Crippen MR) is 47.4 cm³/mol. The molecule has 4 nitrogen and oxygen atoms in total. The maximum Gasteiger partial charge on any atom is 0.412 e. The summed E-state index contributed by atoms with van der Waals surface area (Å²) in [4.78, 5) is 11.7. The van der Waals surface area contributed by atoms with Gasteiger partial charge in [-0.15, -0.1) is 0 Å². The van der Waals surface area contributed by atoms with E-state index in [9.17, 15) is 4.79 Å². The molecule has 1 rings (SSSR count). The van der Waals surface area contributed by atoms with Crippen molar-refractivity contribution < 1.29 is 9.90 Å². The van der Waals surface area contributed by atoms with Crippen molar-refractivity contribution in [3.05, 3.63) is 30.3 Å². The first-order chi connectivity index (χ1) is 6.25. The van der Waals surface area contributed by atoms with Crippen LogP contribution in [0.1, 0.15) is 0 Å². The molecule has 1 amide bonds. The first-order valence-corrected chi connectivity index (χ1v) is 3.68. The molecule has 13 heavy (non-hydrogen) atoms. The zero-order valence-electron chi connectivity index (χ0n) is 6.84. The molecule has 0 radical (unpaired) electrons. The van der Waals surface area contributed by atoms with Crippen LogP contribution in [0.4, 0.5) is 10.5 Å². The van der Waals surface area contributed by atoms with Gasteiger partial charge in [-0.25, -0.2) is 4.79 Å². The van der Waals surface area contributed by atoms with Crippen LogP contribution in [0.3, 0.4) is 0 Å². The number of carbonyl (C=O) groups is 1. The van der Waals surface area contributed by atoms with E-state index in [0.717, 1.165) is 4.90 Å². The number of anilines is 1. The predicted octanol–water partition coefficient (Wildman–Crippen LogP) is 1.69. The van der Waals surface area contributed by atoms with Gasteiger partial charge in [0.2, 0.25) is 0 Å². The van der Waals surface area contributed by atoms with E-state index < -0.39 is 6.09 Å². The second kappa shape index (κ2) is 4.12. The molecule has 0 fully saturated rings. The Bertz CT molecular complexity index is 329. The van der Waals surface area contributed by atoms with E-state index in [1.54, 1.807) is 36.4 Å². The summed E-state index contributed by atoms with van der Waals surface area (Å²) < 4.78 is 0. The van der Waals surface area contributed by atoms with Crippen molar-refractivity contribution in [2.75, 3.05) is 11.4 Å². The summed E-state index contributed by atoms with van der Waals surface area (Å²) in [5, 5.41) is 17.1. The van der Waals surface area contributed by atoms with Crippen LogP contribution in [0.2, 0.25) is 0 Å². The molecular formula is C9H8N2O2. The average Bonchev–Trinajstić information content (AvgIpc) is 2.15. The Morgan fingerprint density at radius 2 is 2.08 bits per heavy atom. The SMILES string of the molecule is N#CCN(C(=O)O)c1ccccc1. The number of para-hydroxylation sites is 1. The highest BCUT2D eigenvalue weighted by Crippen LogP contribution is 2.12. The first-order valence-electron chi connectivity index (χ1n) is 3.68. The second-order valence-corrected chi connectivity index (χ2v) is 2.36. The molecule has 4 heteroatoms. The minimum Gasteiger partial charge on any atom is -0.465 e. The molecule has 0 heterocycles. The molecule has 0 aliphatic rings. The zero-order chi connectivity index (χ0) is 9.68. The van der Waals surface area contributed by atoms with Crippen molar-refractivity contribution in [3.63, 3.8) is 0 Å². The van der Waals surface area contributed by atoms with Gasteiger partial charge in [0, 0.05) is 5.69 Å². The molecule has 1 aromatic rings. The van der Waals surface area contributed by atoms with Gasteiger partial charge >= 0.3 is 6.09 Å². The van der Waals surface area contributed by atoms with Crippen LogP contribution >= 0.6 is 0 Å². The summed E-state index contributed by atoms with van der Waals surface area (Å²) in [5.41, 5.74) is 0.511. The Labute approximate surface area is 75.6 Å². The second-order valence-electron chi connectivity index (χ2n) is 2.36. The number of amides is 1. The summed E-state index contributed by atoms with van der Waals surface area (Å²) in [5.74, 6) is 0. The Hall–Kier alpha value is -2.02. The van der Waals surface area contributed by atoms with Gasteiger partial charge in [0.05, 0.1) is 6.07 Å². The fourth-order valence-corrected chi connectivity index (χ4v) is 0.948. The monoisotopic (exact) mass is 176 g/mol. The Morgan fingerprint density at radius 1 is 1.46 bits per heavy atom. The number of nitriles is 1. The Balaban J connectivity index is 2.90. The molecule has 1 N–H and O–H groups in total. The van der Waals surface area contributed by atoms with Crippen molar-refractivity contribution in [1.29, 1.82) is 5.26 Å². The zero-order valence-corrected chi connectivity index (χ0v) is 6.84. The third-order valence-electron chi connectivity index (χ3n) is 1.53. The van der Waals surface area contributed by atoms with Crippen LogP contribution in [0.15, 0.2) is 30.3 Å². The lowest BCUT2D eigenvalue weighted by atomic mass is 10.3. The number of carboxylic acid groups (broad SMARTS) is 1. The van der Waals surface area contributed by atoms with Gasteiger partial charge in [0.25, 0.3) is 0 Å². The number of benzene rings is 1. The minimum absolute atomic E-state index is 0.153. The third-order valence-corrected chi connectivity index (χ3v) is 1.53. The number of rotatable bonds is 2. The maximum absolute atomic E-state index is 10.7. The molecule has 0 aliphatic heterocycles. The van der Waals surface area contributed by atoms with Crippen molar-refractivity contribution in [2.45, 2.75) is 0 Å². The van der Waals surface area contributed by atoms with Crippen LogP contribution in [0, 0.1) is 11.3 Å². The van der Waals surface area contributed by atoms with E-state index in [4.69, 9.17) is 10.4 Å². The molecule has 0 unspecified atom stereocenters. The molecule has 0 aliphatic carbocycles. The van der Waals surface area contributed by atoms with Gasteiger partial charge in [-0.05, 0) is 12.1 Å². The van der Waals surface area contributed by atoms with Crippen LogP contribution in [0.25, 0.3) is 0 Å². The number of hydrogen-bond donors (Lipinski definition) is 1. The normalized spacial score (nSPS) is 8.85. The Kier molecular flexibility index (Phi) is 2.87. The molecule has 0 saturated heterocycles. The highest BCUT2D eigenvalue weighted by molar-refractivity contribution is 5.86. The molecular weight excluding hydrogens is 168 g/mol. The summed E-state index contributed by atoms with van der Waals surface area (Å²) in [6.07, 6.45) is -1.12. The quantitative estimate of drug-likeness (QED) is 0.697. The van der Waals surface area contributed by atoms with Gasteiger partial charge < -0.3 is 5.11 Å².